The molecule has 0 spiro atoms. The van der Waals surface area contributed by atoms with E-state index in [9.17, 15) is 9.59 Å². The van der Waals surface area contributed by atoms with Crippen LogP contribution in [0.3, 0.4) is 0 Å². The lowest BCUT2D eigenvalue weighted by atomic mass is 10.2. The van der Waals surface area contributed by atoms with Crippen molar-refractivity contribution in [2.24, 2.45) is 0 Å². The lowest BCUT2D eigenvalue weighted by molar-refractivity contribution is -0.137. The number of hydrogen-bond donors (Lipinski definition) is 0. The molecule has 1 aromatic carbocycles. The summed E-state index contributed by atoms with van der Waals surface area (Å²) in [4.78, 5) is 24.9. The minimum Gasteiger partial charge on any atom is -0.469 e. The molecule has 3 aromatic rings. The number of thioether (sulfide) groups is 1. The van der Waals surface area contributed by atoms with Crippen molar-refractivity contribution in [1.29, 1.82) is 0 Å². The molecule has 3 heterocycles. The summed E-state index contributed by atoms with van der Waals surface area (Å²) in [5, 5.41) is 9.49. The van der Waals surface area contributed by atoms with E-state index in [0.29, 0.717) is 31.7 Å². The van der Waals surface area contributed by atoms with E-state index >= 15 is 0 Å². The van der Waals surface area contributed by atoms with Crippen LogP contribution in [0.1, 0.15) is 24.2 Å². The highest BCUT2D eigenvalue weighted by Crippen LogP contribution is 2.28. The van der Waals surface area contributed by atoms with Gasteiger partial charge in [-0.2, -0.15) is 0 Å². The number of carbonyl (C=O) groups excluding carboxylic acids is 2. The summed E-state index contributed by atoms with van der Waals surface area (Å²) in [5.74, 6) is 1.92. The van der Waals surface area contributed by atoms with Crippen LogP contribution >= 0.6 is 11.8 Å². The van der Waals surface area contributed by atoms with Crippen molar-refractivity contribution >= 4 is 23.6 Å². The minimum atomic E-state index is -0.0916. The second-order valence-corrected chi connectivity index (χ2v) is 7.62. The van der Waals surface area contributed by atoms with E-state index in [1.807, 2.05) is 35.8 Å². The topological polar surface area (TPSA) is 81.2 Å². The van der Waals surface area contributed by atoms with E-state index in [2.05, 4.69) is 22.3 Å². The summed E-state index contributed by atoms with van der Waals surface area (Å²) in [7, 11) is 0. The fourth-order valence-electron chi connectivity index (χ4n) is 3.22. The molecular weight excluding hydrogens is 376 g/mol. The van der Waals surface area contributed by atoms with Crippen molar-refractivity contribution in [1.82, 2.24) is 19.7 Å². The van der Waals surface area contributed by atoms with Crippen LogP contribution in [-0.4, -0.2) is 43.8 Å². The number of rotatable bonds is 7. The van der Waals surface area contributed by atoms with Gasteiger partial charge in [0.25, 0.3) is 0 Å². The van der Waals surface area contributed by atoms with Gasteiger partial charge >= 0.3 is 0 Å². The molecule has 1 fully saturated rings. The first-order chi connectivity index (χ1) is 13.6. The number of hydrogen-bond acceptors (Lipinski definition) is 6. The van der Waals surface area contributed by atoms with Crippen LogP contribution in [0.15, 0.2) is 52.2 Å². The molecular formula is C20H20N4O3S. The fraction of sp³-hybridized carbons (Fsp3) is 0.300. The molecule has 1 aliphatic heterocycles. The molecule has 2 amide bonds. The highest BCUT2D eigenvalue weighted by molar-refractivity contribution is 7.99. The molecule has 0 bridgehead atoms. The lowest BCUT2D eigenvalue weighted by Crippen LogP contribution is -2.31. The highest BCUT2D eigenvalue weighted by Gasteiger charge is 2.28. The SMILES string of the molecule is Cc1occc1-c1nnc(SCCN2C(=O)CCC2=O)n1Cc1ccccc1. The number of amides is 2. The quantitative estimate of drug-likeness (QED) is 0.451. The predicted octanol–water partition coefficient (Wildman–Crippen LogP) is 3.14. The smallest absolute Gasteiger partial charge is 0.229 e. The highest BCUT2D eigenvalue weighted by atomic mass is 32.2. The molecule has 0 unspecified atom stereocenters. The molecule has 1 saturated heterocycles. The zero-order valence-corrected chi connectivity index (χ0v) is 16.3. The summed E-state index contributed by atoms with van der Waals surface area (Å²) < 4.78 is 7.48. The maximum absolute atomic E-state index is 11.8. The first-order valence-electron chi connectivity index (χ1n) is 9.11. The first kappa shape index (κ1) is 18.5. The van der Waals surface area contributed by atoms with Gasteiger partial charge in [0, 0.05) is 25.1 Å². The van der Waals surface area contributed by atoms with E-state index in [1.54, 1.807) is 6.26 Å². The normalized spacial score (nSPS) is 14.2. The zero-order chi connectivity index (χ0) is 19.5. The Kier molecular flexibility index (Phi) is 5.29. The Hall–Kier alpha value is -2.87. The van der Waals surface area contributed by atoms with Crippen molar-refractivity contribution in [3.63, 3.8) is 0 Å². The third-order valence-corrected chi connectivity index (χ3v) is 5.65. The molecule has 8 heteroatoms. The summed E-state index contributed by atoms with van der Waals surface area (Å²) in [6, 6.07) is 12.0. The molecule has 7 nitrogen and oxygen atoms in total. The summed E-state index contributed by atoms with van der Waals surface area (Å²) in [5.41, 5.74) is 2.04. The third kappa shape index (κ3) is 3.73. The molecule has 144 valence electrons. The monoisotopic (exact) mass is 396 g/mol. The molecule has 0 radical (unpaired) electrons. The molecule has 1 aliphatic rings. The molecule has 0 aliphatic carbocycles. The number of nitrogens with zero attached hydrogens (tertiary/aromatic N) is 4. The van der Waals surface area contributed by atoms with Gasteiger partial charge in [-0.25, -0.2) is 0 Å². The Morgan fingerprint density at radius 2 is 1.82 bits per heavy atom. The number of aromatic nitrogens is 3. The molecule has 0 atom stereocenters. The summed E-state index contributed by atoms with van der Waals surface area (Å²) in [6.45, 7) is 2.91. The first-order valence-corrected chi connectivity index (χ1v) is 10.1. The number of benzene rings is 1. The van der Waals surface area contributed by atoms with Gasteiger partial charge in [-0.05, 0) is 18.6 Å². The fourth-order valence-corrected chi connectivity index (χ4v) is 4.08. The maximum atomic E-state index is 11.8. The van der Waals surface area contributed by atoms with Gasteiger partial charge in [0.1, 0.15) is 5.76 Å². The predicted molar refractivity (Wildman–Crippen MR) is 105 cm³/mol. The van der Waals surface area contributed by atoms with Crippen molar-refractivity contribution in [3.05, 3.63) is 54.0 Å². The number of carbonyl (C=O) groups is 2. The van der Waals surface area contributed by atoms with Crippen LogP contribution in [0.25, 0.3) is 11.4 Å². The van der Waals surface area contributed by atoms with E-state index in [1.165, 1.54) is 16.7 Å². The van der Waals surface area contributed by atoms with Gasteiger partial charge in [-0.1, -0.05) is 42.1 Å². The number of imide groups is 1. The van der Waals surface area contributed by atoms with Gasteiger partial charge in [0.2, 0.25) is 11.8 Å². The standard InChI is InChI=1S/C20H20N4O3S/c1-14-16(9-11-27-14)19-21-22-20(24(19)13-15-5-3-2-4-6-15)28-12-10-23-17(25)7-8-18(23)26/h2-6,9,11H,7-8,10,12-13H2,1H3. The average Bonchev–Trinajstić information content (AvgIpc) is 3.38. The van der Waals surface area contributed by atoms with Gasteiger partial charge in [0.15, 0.2) is 11.0 Å². The second-order valence-electron chi connectivity index (χ2n) is 6.56. The minimum absolute atomic E-state index is 0.0916. The number of aryl methyl sites for hydroxylation is 1. The van der Waals surface area contributed by atoms with Crippen LogP contribution in [0.2, 0.25) is 0 Å². The molecule has 28 heavy (non-hydrogen) atoms. The molecule has 0 N–H and O–H groups in total. The Bertz CT molecular complexity index is 980. The van der Waals surface area contributed by atoms with Gasteiger partial charge in [-0.3, -0.25) is 19.1 Å². The number of furan rings is 1. The number of likely N-dealkylation sites (tertiary alicyclic amines) is 1. The molecule has 2 aromatic heterocycles. The Morgan fingerprint density at radius 3 is 2.50 bits per heavy atom. The van der Waals surface area contributed by atoms with Crippen molar-refractivity contribution in [2.75, 3.05) is 12.3 Å². The second kappa shape index (κ2) is 8.02. The summed E-state index contributed by atoms with van der Waals surface area (Å²) in [6.07, 6.45) is 2.28. The van der Waals surface area contributed by atoms with Crippen LogP contribution in [0.5, 0.6) is 0 Å². The van der Waals surface area contributed by atoms with Crippen LogP contribution in [-0.2, 0) is 16.1 Å². The van der Waals surface area contributed by atoms with Gasteiger partial charge in [0.05, 0.1) is 18.4 Å². The van der Waals surface area contributed by atoms with Gasteiger partial charge < -0.3 is 4.42 Å². The van der Waals surface area contributed by atoms with Crippen LogP contribution < -0.4 is 0 Å². The Labute approximate surface area is 166 Å². The van der Waals surface area contributed by atoms with E-state index in [0.717, 1.165) is 27.9 Å². The van der Waals surface area contributed by atoms with Crippen molar-refractivity contribution in [3.8, 4) is 11.4 Å². The molecule has 4 rings (SSSR count). The Morgan fingerprint density at radius 1 is 1.07 bits per heavy atom. The lowest BCUT2D eigenvalue weighted by Gasteiger charge is -2.14. The van der Waals surface area contributed by atoms with Crippen LogP contribution in [0.4, 0.5) is 0 Å². The maximum Gasteiger partial charge on any atom is 0.229 e. The van der Waals surface area contributed by atoms with E-state index in [4.69, 9.17) is 4.42 Å². The van der Waals surface area contributed by atoms with Crippen molar-refractivity contribution < 1.29 is 14.0 Å². The zero-order valence-electron chi connectivity index (χ0n) is 15.5. The Balaban J connectivity index is 1.56. The summed E-state index contributed by atoms with van der Waals surface area (Å²) >= 11 is 1.49. The molecule has 0 saturated carbocycles. The third-order valence-electron chi connectivity index (χ3n) is 4.70. The largest absolute Gasteiger partial charge is 0.469 e. The van der Waals surface area contributed by atoms with Gasteiger partial charge in [-0.15, -0.1) is 10.2 Å². The van der Waals surface area contributed by atoms with Crippen LogP contribution in [0, 0.1) is 6.92 Å². The van der Waals surface area contributed by atoms with Crippen molar-refractivity contribution in [2.45, 2.75) is 31.5 Å². The average molecular weight is 396 g/mol. The van der Waals surface area contributed by atoms with E-state index < -0.39 is 0 Å². The van der Waals surface area contributed by atoms with E-state index in [-0.39, 0.29) is 11.8 Å².